The quantitative estimate of drug-likeness (QED) is 0.762. The first-order valence-corrected chi connectivity index (χ1v) is 10.1. The number of ether oxygens (including phenoxy) is 1. The van der Waals surface area contributed by atoms with Crippen LogP contribution in [0.25, 0.3) is 0 Å². The van der Waals surface area contributed by atoms with Crippen LogP contribution in [0.2, 0.25) is 0 Å². The van der Waals surface area contributed by atoms with E-state index in [0.29, 0.717) is 22.9 Å². The number of fused-ring (bicyclic) bond motifs is 5. The van der Waals surface area contributed by atoms with E-state index in [1.807, 2.05) is 7.11 Å². The summed E-state index contributed by atoms with van der Waals surface area (Å²) in [4.78, 5) is 0. The highest BCUT2D eigenvalue weighted by molar-refractivity contribution is 5.11. The summed E-state index contributed by atoms with van der Waals surface area (Å²) in [6.45, 7) is 7.60. The van der Waals surface area contributed by atoms with Gasteiger partial charge in [0, 0.05) is 7.11 Å². The van der Waals surface area contributed by atoms with Gasteiger partial charge in [-0.1, -0.05) is 20.8 Å². The molecule has 1 N–H and O–H groups in total. The van der Waals surface area contributed by atoms with Crippen LogP contribution in [0.4, 0.5) is 0 Å². The highest BCUT2D eigenvalue weighted by atomic mass is 16.5. The second-order valence-corrected chi connectivity index (χ2v) is 9.97. The van der Waals surface area contributed by atoms with Crippen LogP contribution >= 0.6 is 0 Å². The second kappa shape index (κ2) is 5.46. The van der Waals surface area contributed by atoms with Gasteiger partial charge in [-0.05, 0) is 91.8 Å². The van der Waals surface area contributed by atoms with Crippen LogP contribution in [0.5, 0.6) is 0 Å². The summed E-state index contributed by atoms with van der Waals surface area (Å²) in [5.74, 6) is 4.07. The van der Waals surface area contributed by atoms with Gasteiger partial charge in [0.1, 0.15) is 0 Å². The Morgan fingerprint density at radius 2 is 1.78 bits per heavy atom. The van der Waals surface area contributed by atoms with E-state index in [0.717, 1.165) is 36.5 Å². The van der Waals surface area contributed by atoms with E-state index in [2.05, 4.69) is 20.8 Å². The molecule has 0 heterocycles. The van der Waals surface area contributed by atoms with E-state index in [9.17, 15) is 5.11 Å². The smallest absolute Gasteiger partial charge is 0.0612 e. The van der Waals surface area contributed by atoms with Crippen molar-refractivity contribution in [2.45, 2.75) is 84.3 Å². The summed E-state index contributed by atoms with van der Waals surface area (Å²) in [6, 6.07) is 0. The van der Waals surface area contributed by atoms with Gasteiger partial charge in [-0.2, -0.15) is 0 Å². The fourth-order valence-electron chi connectivity index (χ4n) is 7.80. The third kappa shape index (κ3) is 2.20. The van der Waals surface area contributed by atoms with Crippen molar-refractivity contribution in [3.63, 3.8) is 0 Å². The molecule has 4 rings (SSSR count). The van der Waals surface area contributed by atoms with Crippen LogP contribution in [0.15, 0.2) is 0 Å². The fourth-order valence-corrected chi connectivity index (χ4v) is 7.80. The highest BCUT2D eigenvalue weighted by Crippen LogP contribution is 2.67. The summed E-state index contributed by atoms with van der Waals surface area (Å²) in [5, 5.41) is 10.2. The van der Waals surface area contributed by atoms with Crippen molar-refractivity contribution in [1.29, 1.82) is 0 Å². The number of aliphatic hydroxyl groups is 1. The van der Waals surface area contributed by atoms with Crippen molar-refractivity contribution in [2.75, 3.05) is 7.11 Å². The molecule has 4 fully saturated rings. The Morgan fingerprint density at radius 3 is 2.52 bits per heavy atom. The van der Waals surface area contributed by atoms with E-state index in [1.54, 1.807) is 0 Å². The van der Waals surface area contributed by atoms with Crippen LogP contribution in [-0.4, -0.2) is 24.4 Å². The van der Waals surface area contributed by atoms with Gasteiger partial charge in [-0.3, -0.25) is 0 Å². The molecule has 0 aromatic heterocycles. The summed E-state index contributed by atoms with van der Waals surface area (Å²) in [5.41, 5.74) is 0.898. The Bertz CT molecular complexity index is 463. The van der Waals surface area contributed by atoms with E-state index >= 15 is 0 Å². The average Bonchev–Trinajstić information content (AvgIpc) is 2.82. The largest absolute Gasteiger partial charge is 0.393 e. The molecule has 4 aliphatic carbocycles. The topological polar surface area (TPSA) is 29.5 Å². The maximum absolute atomic E-state index is 10.2. The molecular weight excluding hydrogens is 284 g/mol. The molecule has 4 saturated carbocycles. The van der Waals surface area contributed by atoms with Gasteiger partial charge in [0.05, 0.1) is 12.2 Å². The Hall–Kier alpha value is -0.0800. The third-order valence-electron chi connectivity index (χ3n) is 9.32. The average molecular weight is 321 g/mol. The molecule has 0 radical (unpaired) electrons. The van der Waals surface area contributed by atoms with Crippen molar-refractivity contribution in [1.82, 2.24) is 0 Å². The van der Waals surface area contributed by atoms with E-state index < -0.39 is 0 Å². The van der Waals surface area contributed by atoms with E-state index in [1.165, 1.54) is 38.5 Å². The Labute approximate surface area is 142 Å². The first-order chi connectivity index (χ1) is 10.9. The van der Waals surface area contributed by atoms with Gasteiger partial charge in [-0.15, -0.1) is 0 Å². The van der Waals surface area contributed by atoms with Crippen molar-refractivity contribution < 1.29 is 9.84 Å². The van der Waals surface area contributed by atoms with Crippen molar-refractivity contribution >= 4 is 0 Å². The Kier molecular flexibility index (Phi) is 3.89. The molecule has 23 heavy (non-hydrogen) atoms. The molecule has 2 nitrogen and oxygen atoms in total. The Morgan fingerprint density at radius 1 is 1.00 bits per heavy atom. The SMILES string of the molecule is CO[C@H]1C[C@]2(C)[C@@H](C)CC[C@H]2[C@@H]2CC[C@@H]3C[C@H](O)CC[C@]3(C)[C@H]21. The lowest BCUT2D eigenvalue weighted by Gasteiger charge is -2.62. The van der Waals surface area contributed by atoms with Gasteiger partial charge in [0.15, 0.2) is 0 Å². The molecule has 0 spiro atoms. The molecule has 0 amide bonds. The third-order valence-corrected chi connectivity index (χ3v) is 9.32. The number of methoxy groups -OCH3 is 1. The fraction of sp³-hybridized carbons (Fsp3) is 1.00. The van der Waals surface area contributed by atoms with Crippen molar-refractivity contribution in [3.8, 4) is 0 Å². The van der Waals surface area contributed by atoms with Gasteiger partial charge in [0.2, 0.25) is 0 Å². The lowest BCUT2D eigenvalue weighted by Crippen LogP contribution is -2.59. The van der Waals surface area contributed by atoms with Crippen LogP contribution < -0.4 is 0 Å². The van der Waals surface area contributed by atoms with Gasteiger partial charge in [0.25, 0.3) is 0 Å². The first-order valence-electron chi connectivity index (χ1n) is 10.1. The summed E-state index contributed by atoms with van der Waals surface area (Å²) in [7, 11) is 1.95. The number of aliphatic hydroxyl groups excluding tert-OH is 1. The molecule has 0 saturated heterocycles. The molecule has 0 bridgehead atoms. The van der Waals surface area contributed by atoms with Crippen LogP contribution in [0.1, 0.15) is 72.1 Å². The van der Waals surface area contributed by atoms with Gasteiger partial charge in [-0.25, -0.2) is 0 Å². The normalized spacial score (nSPS) is 59.1. The molecular formula is C21H36O2. The molecule has 0 aromatic carbocycles. The van der Waals surface area contributed by atoms with E-state index in [4.69, 9.17) is 4.74 Å². The van der Waals surface area contributed by atoms with E-state index in [-0.39, 0.29) is 6.10 Å². The molecule has 2 heteroatoms. The maximum Gasteiger partial charge on any atom is 0.0612 e. The summed E-state index contributed by atoms with van der Waals surface area (Å²) < 4.78 is 6.16. The number of hydrogen-bond donors (Lipinski definition) is 1. The molecule has 4 aliphatic rings. The van der Waals surface area contributed by atoms with Crippen LogP contribution in [0.3, 0.4) is 0 Å². The zero-order valence-corrected chi connectivity index (χ0v) is 15.6. The zero-order chi connectivity index (χ0) is 16.4. The van der Waals surface area contributed by atoms with Crippen LogP contribution in [0, 0.1) is 40.4 Å². The lowest BCUT2D eigenvalue weighted by atomic mass is 9.44. The summed E-state index contributed by atoms with van der Waals surface area (Å²) >= 11 is 0. The molecule has 0 unspecified atom stereocenters. The first kappa shape index (κ1) is 16.4. The highest BCUT2D eigenvalue weighted by Gasteiger charge is 2.62. The standard InChI is InChI=1S/C21H36O2/c1-13-5-8-17-16-7-6-14-11-15(22)9-10-20(14,2)19(16)18(23-4)12-21(13,17)3/h13-19,22H,5-12H2,1-4H3/t13-,14+,15+,16-,17-,18-,19+,20-,21+/m0/s1. The zero-order valence-electron chi connectivity index (χ0n) is 15.6. The molecule has 0 aromatic rings. The van der Waals surface area contributed by atoms with Crippen molar-refractivity contribution in [2.24, 2.45) is 40.4 Å². The van der Waals surface area contributed by atoms with Crippen molar-refractivity contribution in [3.05, 3.63) is 0 Å². The minimum absolute atomic E-state index is 0.0500. The van der Waals surface area contributed by atoms with Gasteiger partial charge < -0.3 is 9.84 Å². The second-order valence-electron chi connectivity index (χ2n) is 9.97. The van der Waals surface area contributed by atoms with Gasteiger partial charge >= 0.3 is 0 Å². The number of rotatable bonds is 1. The van der Waals surface area contributed by atoms with Crippen LogP contribution in [-0.2, 0) is 4.74 Å². The predicted octanol–water partition coefficient (Wildman–Crippen LogP) is 4.65. The lowest BCUT2D eigenvalue weighted by molar-refractivity contribution is -0.184. The minimum Gasteiger partial charge on any atom is -0.393 e. The minimum atomic E-state index is -0.0500. The predicted molar refractivity (Wildman–Crippen MR) is 93.1 cm³/mol. The summed E-state index contributed by atoms with van der Waals surface area (Å²) in [6.07, 6.45) is 10.5. The number of hydrogen-bond acceptors (Lipinski definition) is 2. The molecule has 132 valence electrons. The molecule has 9 atom stereocenters. The Balaban J connectivity index is 1.70. The maximum atomic E-state index is 10.2. The molecule has 0 aliphatic heterocycles. The monoisotopic (exact) mass is 320 g/mol.